The molecule has 14 heavy (non-hydrogen) atoms. The first kappa shape index (κ1) is 11.3. The summed E-state index contributed by atoms with van der Waals surface area (Å²) < 4.78 is 2.36. The smallest absolute Gasteiger partial charge is 0.0366 e. The number of aryl methyl sites for hydroxylation is 1. The summed E-state index contributed by atoms with van der Waals surface area (Å²) in [6.45, 7) is 10.6. The quantitative estimate of drug-likeness (QED) is 0.567. The molecule has 0 atom stereocenters. The number of hydrogen-bond donors (Lipinski definition) is 2. The molecule has 0 fully saturated rings. The molecule has 1 rings (SSSR count). The van der Waals surface area contributed by atoms with Crippen molar-refractivity contribution in [1.82, 2.24) is 9.99 Å². The number of nitrogens with two attached hydrogens (primary N) is 1. The summed E-state index contributed by atoms with van der Waals surface area (Å²) in [5, 5.41) is 0. The molecule has 0 aliphatic heterocycles. The predicted octanol–water partition coefficient (Wildman–Crippen LogP) is 1.72. The molecule has 0 aliphatic carbocycles. The van der Waals surface area contributed by atoms with Gasteiger partial charge in [-0.05, 0) is 31.4 Å². The molecule has 0 saturated carbocycles. The molecule has 3 N–H and O–H groups in total. The summed E-state index contributed by atoms with van der Waals surface area (Å²) >= 11 is 0. The molecule has 1 aromatic heterocycles. The Balaban J connectivity index is 2.92. The average molecular weight is 195 g/mol. The van der Waals surface area contributed by atoms with Crippen molar-refractivity contribution in [3.63, 3.8) is 0 Å². The zero-order valence-corrected chi connectivity index (χ0v) is 9.59. The maximum absolute atomic E-state index is 5.33. The third kappa shape index (κ3) is 2.36. The molecular formula is C11H21N3. The van der Waals surface area contributed by atoms with Crippen LogP contribution in [0.3, 0.4) is 0 Å². The highest BCUT2D eigenvalue weighted by atomic mass is 15.2. The van der Waals surface area contributed by atoms with Gasteiger partial charge >= 0.3 is 0 Å². The van der Waals surface area contributed by atoms with E-state index >= 15 is 0 Å². The molecule has 0 saturated heterocycles. The normalized spacial score (nSPS) is 11.3. The minimum atomic E-state index is 0.679. The molecular weight excluding hydrogens is 174 g/mol. The van der Waals surface area contributed by atoms with E-state index in [9.17, 15) is 0 Å². The molecule has 0 aliphatic rings. The van der Waals surface area contributed by atoms with Crippen molar-refractivity contribution in [2.24, 2.45) is 11.8 Å². The highest BCUT2D eigenvalue weighted by molar-refractivity contribution is 5.26. The van der Waals surface area contributed by atoms with Gasteiger partial charge in [0.15, 0.2) is 0 Å². The van der Waals surface area contributed by atoms with E-state index in [1.807, 2.05) is 0 Å². The van der Waals surface area contributed by atoms with E-state index < -0.39 is 0 Å². The van der Waals surface area contributed by atoms with Crippen LogP contribution in [0.15, 0.2) is 6.07 Å². The standard InChI is InChI=1S/C11H21N3/c1-8(2)7-14-9(3)5-11(6-13-12)10(14)4/h5,8,13H,6-7,12H2,1-4H3. The summed E-state index contributed by atoms with van der Waals surface area (Å²) in [4.78, 5) is 0. The van der Waals surface area contributed by atoms with E-state index in [0.717, 1.165) is 13.1 Å². The van der Waals surface area contributed by atoms with Crippen molar-refractivity contribution in [1.29, 1.82) is 0 Å². The fourth-order valence-electron chi connectivity index (χ4n) is 1.81. The molecule has 0 aromatic carbocycles. The maximum atomic E-state index is 5.33. The molecule has 80 valence electrons. The summed E-state index contributed by atoms with van der Waals surface area (Å²) in [7, 11) is 0. The van der Waals surface area contributed by atoms with E-state index in [1.165, 1.54) is 17.0 Å². The van der Waals surface area contributed by atoms with Crippen molar-refractivity contribution in [2.75, 3.05) is 0 Å². The van der Waals surface area contributed by atoms with Crippen molar-refractivity contribution in [3.05, 3.63) is 23.0 Å². The topological polar surface area (TPSA) is 43.0 Å². The van der Waals surface area contributed by atoms with Crippen LogP contribution in [0.25, 0.3) is 0 Å². The highest BCUT2D eigenvalue weighted by Crippen LogP contribution is 2.16. The van der Waals surface area contributed by atoms with Gasteiger partial charge < -0.3 is 4.57 Å². The lowest BCUT2D eigenvalue weighted by molar-refractivity contribution is 0.508. The van der Waals surface area contributed by atoms with Crippen LogP contribution in [0, 0.1) is 19.8 Å². The van der Waals surface area contributed by atoms with E-state index in [4.69, 9.17) is 5.84 Å². The van der Waals surface area contributed by atoms with Gasteiger partial charge in [0.2, 0.25) is 0 Å². The van der Waals surface area contributed by atoms with Gasteiger partial charge in [-0.15, -0.1) is 0 Å². The third-order valence-electron chi connectivity index (χ3n) is 2.52. The Morgan fingerprint density at radius 3 is 2.57 bits per heavy atom. The summed E-state index contributed by atoms with van der Waals surface area (Å²) in [5.74, 6) is 6.01. The van der Waals surface area contributed by atoms with Crippen LogP contribution in [0.2, 0.25) is 0 Å². The Morgan fingerprint density at radius 1 is 1.43 bits per heavy atom. The van der Waals surface area contributed by atoms with Crippen LogP contribution < -0.4 is 11.3 Å². The Hall–Kier alpha value is -0.800. The Morgan fingerprint density at radius 2 is 2.07 bits per heavy atom. The fourth-order valence-corrected chi connectivity index (χ4v) is 1.81. The molecule has 0 unspecified atom stereocenters. The first-order valence-electron chi connectivity index (χ1n) is 5.15. The van der Waals surface area contributed by atoms with Gasteiger partial charge in [0.25, 0.3) is 0 Å². The fraction of sp³-hybridized carbons (Fsp3) is 0.636. The zero-order valence-electron chi connectivity index (χ0n) is 9.59. The van der Waals surface area contributed by atoms with Crippen LogP contribution in [-0.2, 0) is 13.1 Å². The molecule has 0 radical (unpaired) electrons. The molecule has 3 nitrogen and oxygen atoms in total. The first-order valence-corrected chi connectivity index (χ1v) is 5.15. The number of hydrazine groups is 1. The van der Waals surface area contributed by atoms with Crippen LogP contribution in [-0.4, -0.2) is 4.57 Å². The third-order valence-corrected chi connectivity index (χ3v) is 2.52. The minimum Gasteiger partial charge on any atom is -0.349 e. The van der Waals surface area contributed by atoms with Crippen LogP contribution in [0.5, 0.6) is 0 Å². The lowest BCUT2D eigenvalue weighted by Gasteiger charge is -2.12. The van der Waals surface area contributed by atoms with E-state index in [1.54, 1.807) is 0 Å². The van der Waals surface area contributed by atoms with Gasteiger partial charge in [0, 0.05) is 24.5 Å². The Bertz CT molecular complexity index is 300. The summed E-state index contributed by atoms with van der Waals surface area (Å²) in [5.41, 5.74) is 6.65. The van der Waals surface area contributed by atoms with Gasteiger partial charge in [-0.25, -0.2) is 0 Å². The molecule has 1 aromatic rings. The molecule has 1 heterocycles. The maximum Gasteiger partial charge on any atom is 0.0366 e. The number of rotatable bonds is 4. The predicted molar refractivity (Wildman–Crippen MR) is 59.8 cm³/mol. The van der Waals surface area contributed by atoms with Crippen LogP contribution in [0.1, 0.15) is 30.8 Å². The number of aromatic nitrogens is 1. The highest BCUT2D eigenvalue weighted by Gasteiger charge is 2.08. The van der Waals surface area contributed by atoms with Crippen molar-refractivity contribution in [2.45, 2.75) is 40.8 Å². The van der Waals surface area contributed by atoms with Gasteiger partial charge in [0.1, 0.15) is 0 Å². The van der Waals surface area contributed by atoms with E-state index in [-0.39, 0.29) is 0 Å². The average Bonchev–Trinajstić information content (AvgIpc) is 2.33. The van der Waals surface area contributed by atoms with Gasteiger partial charge in [-0.1, -0.05) is 13.8 Å². The second kappa shape index (κ2) is 4.62. The lowest BCUT2D eigenvalue weighted by atomic mass is 10.2. The monoisotopic (exact) mass is 195 g/mol. The van der Waals surface area contributed by atoms with Gasteiger partial charge in [-0.2, -0.15) is 0 Å². The van der Waals surface area contributed by atoms with Gasteiger partial charge in [-0.3, -0.25) is 11.3 Å². The Kier molecular flexibility index (Phi) is 3.72. The molecule has 3 heteroatoms. The van der Waals surface area contributed by atoms with Crippen molar-refractivity contribution >= 4 is 0 Å². The molecule has 0 amide bonds. The summed E-state index contributed by atoms with van der Waals surface area (Å²) in [6, 6.07) is 2.21. The second-order valence-electron chi connectivity index (χ2n) is 4.28. The van der Waals surface area contributed by atoms with Crippen molar-refractivity contribution < 1.29 is 0 Å². The number of nitrogens with zero attached hydrogens (tertiary/aromatic N) is 1. The van der Waals surface area contributed by atoms with Crippen LogP contribution in [0.4, 0.5) is 0 Å². The molecule has 0 bridgehead atoms. The van der Waals surface area contributed by atoms with Crippen molar-refractivity contribution in [3.8, 4) is 0 Å². The minimum absolute atomic E-state index is 0.679. The second-order valence-corrected chi connectivity index (χ2v) is 4.28. The lowest BCUT2D eigenvalue weighted by Crippen LogP contribution is -2.21. The molecule has 0 spiro atoms. The van der Waals surface area contributed by atoms with E-state index in [2.05, 4.69) is 43.8 Å². The zero-order chi connectivity index (χ0) is 10.7. The largest absolute Gasteiger partial charge is 0.349 e. The summed E-state index contributed by atoms with van der Waals surface area (Å²) in [6.07, 6.45) is 0. The Labute approximate surface area is 86.3 Å². The van der Waals surface area contributed by atoms with E-state index in [0.29, 0.717) is 5.92 Å². The number of nitrogens with one attached hydrogen (secondary N) is 1. The SMILES string of the molecule is Cc1cc(CNN)c(C)n1CC(C)C. The van der Waals surface area contributed by atoms with Crippen LogP contribution >= 0.6 is 0 Å². The number of hydrogen-bond acceptors (Lipinski definition) is 2. The van der Waals surface area contributed by atoms with Gasteiger partial charge in [0.05, 0.1) is 0 Å². The first-order chi connectivity index (χ1) is 6.56.